The topological polar surface area (TPSA) is 60.3 Å². The van der Waals surface area contributed by atoms with Gasteiger partial charge in [-0.15, -0.1) is 0 Å². The Morgan fingerprint density at radius 2 is 2.00 bits per heavy atom. The Balaban J connectivity index is 2.10. The Morgan fingerprint density at radius 1 is 1.26 bits per heavy atom. The SMILES string of the molecule is COC(=O)C(CC(C)C)NC(=O)Cn1ccc2c(C)cccc21. The summed E-state index contributed by atoms with van der Waals surface area (Å²) >= 11 is 0. The van der Waals surface area contributed by atoms with Gasteiger partial charge in [0, 0.05) is 17.1 Å². The molecule has 124 valence electrons. The standard InChI is InChI=1S/C18H24N2O3/c1-12(2)10-15(18(22)23-4)19-17(21)11-20-9-8-14-13(3)6-5-7-16(14)20/h5-9,12,15H,10-11H2,1-4H3,(H,19,21). The largest absolute Gasteiger partial charge is 0.467 e. The quantitative estimate of drug-likeness (QED) is 0.834. The van der Waals surface area contributed by atoms with E-state index in [0.717, 1.165) is 10.9 Å². The van der Waals surface area contributed by atoms with Crippen LogP contribution in [0.25, 0.3) is 10.9 Å². The lowest BCUT2D eigenvalue weighted by Gasteiger charge is -2.18. The summed E-state index contributed by atoms with van der Waals surface area (Å²) in [5.41, 5.74) is 2.19. The van der Waals surface area contributed by atoms with Crippen molar-refractivity contribution in [3.8, 4) is 0 Å². The lowest BCUT2D eigenvalue weighted by molar-refractivity contribution is -0.145. The van der Waals surface area contributed by atoms with Crippen molar-refractivity contribution in [3.63, 3.8) is 0 Å². The van der Waals surface area contributed by atoms with Crippen molar-refractivity contribution in [2.24, 2.45) is 5.92 Å². The molecular formula is C18H24N2O3. The number of fused-ring (bicyclic) bond motifs is 1. The van der Waals surface area contributed by atoms with E-state index in [9.17, 15) is 9.59 Å². The monoisotopic (exact) mass is 316 g/mol. The number of methoxy groups -OCH3 is 1. The zero-order chi connectivity index (χ0) is 17.0. The smallest absolute Gasteiger partial charge is 0.328 e. The third-order valence-corrected chi connectivity index (χ3v) is 3.87. The molecule has 1 aromatic carbocycles. The highest BCUT2D eigenvalue weighted by Gasteiger charge is 2.22. The van der Waals surface area contributed by atoms with E-state index in [1.807, 2.05) is 55.8 Å². The van der Waals surface area contributed by atoms with Crippen molar-refractivity contribution < 1.29 is 14.3 Å². The molecule has 0 saturated carbocycles. The Hall–Kier alpha value is -2.30. The number of nitrogens with zero attached hydrogens (tertiary/aromatic N) is 1. The second-order valence-electron chi connectivity index (χ2n) is 6.22. The molecule has 0 saturated heterocycles. The summed E-state index contributed by atoms with van der Waals surface area (Å²) in [7, 11) is 1.34. The molecule has 0 aliphatic rings. The van der Waals surface area contributed by atoms with Gasteiger partial charge in [0.2, 0.25) is 5.91 Å². The third-order valence-electron chi connectivity index (χ3n) is 3.87. The lowest BCUT2D eigenvalue weighted by atomic mass is 10.0. The fourth-order valence-corrected chi connectivity index (χ4v) is 2.74. The van der Waals surface area contributed by atoms with E-state index in [4.69, 9.17) is 4.74 Å². The molecule has 0 aliphatic heterocycles. The van der Waals surface area contributed by atoms with Gasteiger partial charge >= 0.3 is 5.97 Å². The summed E-state index contributed by atoms with van der Waals surface area (Å²) in [6.45, 7) is 6.23. The van der Waals surface area contributed by atoms with E-state index in [1.165, 1.54) is 12.7 Å². The van der Waals surface area contributed by atoms with Gasteiger partial charge in [-0.1, -0.05) is 26.0 Å². The number of ether oxygens (including phenoxy) is 1. The molecule has 2 rings (SSSR count). The van der Waals surface area contributed by atoms with Crippen LogP contribution in [0, 0.1) is 12.8 Å². The molecule has 1 unspecified atom stereocenters. The first-order valence-corrected chi connectivity index (χ1v) is 7.84. The van der Waals surface area contributed by atoms with Gasteiger partial charge in [-0.05, 0) is 37.0 Å². The number of carbonyl (C=O) groups excluding carboxylic acids is 2. The number of aryl methyl sites for hydroxylation is 1. The second-order valence-corrected chi connectivity index (χ2v) is 6.22. The Labute approximate surface area is 136 Å². The minimum atomic E-state index is -0.601. The molecule has 0 spiro atoms. The first-order chi connectivity index (χ1) is 10.9. The van der Waals surface area contributed by atoms with Gasteiger partial charge < -0.3 is 14.6 Å². The highest BCUT2D eigenvalue weighted by molar-refractivity contribution is 5.87. The molecular weight excluding hydrogens is 292 g/mol. The normalized spacial score (nSPS) is 12.4. The first kappa shape index (κ1) is 17.1. The van der Waals surface area contributed by atoms with Crippen LogP contribution in [0.4, 0.5) is 0 Å². The maximum Gasteiger partial charge on any atom is 0.328 e. The molecule has 0 fully saturated rings. The van der Waals surface area contributed by atoms with Gasteiger partial charge in [0.15, 0.2) is 0 Å². The van der Waals surface area contributed by atoms with Gasteiger partial charge in [-0.3, -0.25) is 4.79 Å². The molecule has 1 aromatic heterocycles. The van der Waals surface area contributed by atoms with Crippen LogP contribution in [0.15, 0.2) is 30.5 Å². The maximum atomic E-state index is 12.3. The van der Waals surface area contributed by atoms with E-state index < -0.39 is 12.0 Å². The van der Waals surface area contributed by atoms with E-state index in [2.05, 4.69) is 5.32 Å². The average Bonchev–Trinajstić information content (AvgIpc) is 2.90. The van der Waals surface area contributed by atoms with Crippen LogP contribution in [0.5, 0.6) is 0 Å². The Bertz CT molecular complexity index is 703. The molecule has 1 atom stereocenters. The molecule has 0 radical (unpaired) electrons. The number of aromatic nitrogens is 1. The minimum Gasteiger partial charge on any atom is -0.467 e. The first-order valence-electron chi connectivity index (χ1n) is 7.84. The number of esters is 1. The predicted octanol–water partition coefficient (Wildman–Crippen LogP) is 2.65. The van der Waals surface area contributed by atoms with Gasteiger partial charge in [-0.2, -0.15) is 0 Å². The maximum absolute atomic E-state index is 12.3. The summed E-state index contributed by atoms with van der Waals surface area (Å²) in [5, 5.41) is 3.91. The number of amides is 1. The third kappa shape index (κ3) is 4.12. The minimum absolute atomic E-state index is 0.179. The molecule has 1 amide bonds. The molecule has 23 heavy (non-hydrogen) atoms. The number of nitrogens with one attached hydrogen (secondary N) is 1. The van der Waals surface area contributed by atoms with Crippen molar-refractivity contribution in [1.29, 1.82) is 0 Å². The number of carbonyl (C=O) groups is 2. The van der Waals surface area contributed by atoms with Crippen LogP contribution in [-0.4, -0.2) is 29.6 Å². The van der Waals surface area contributed by atoms with E-state index in [-0.39, 0.29) is 18.4 Å². The number of hydrogen-bond acceptors (Lipinski definition) is 3. The molecule has 0 aliphatic carbocycles. The molecule has 1 heterocycles. The fraction of sp³-hybridized carbons (Fsp3) is 0.444. The van der Waals surface area contributed by atoms with Crippen molar-refractivity contribution >= 4 is 22.8 Å². The van der Waals surface area contributed by atoms with E-state index >= 15 is 0 Å². The fourth-order valence-electron chi connectivity index (χ4n) is 2.74. The number of benzene rings is 1. The summed E-state index contributed by atoms with van der Waals surface area (Å²) in [4.78, 5) is 24.1. The highest BCUT2D eigenvalue weighted by atomic mass is 16.5. The van der Waals surface area contributed by atoms with Gasteiger partial charge in [-0.25, -0.2) is 4.79 Å². The summed E-state index contributed by atoms with van der Waals surface area (Å²) in [6, 6.07) is 7.41. The molecule has 2 aromatic rings. The van der Waals surface area contributed by atoms with Crippen LogP contribution < -0.4 is 5.32 Å². The predicted molar refractivity (Wildman–Crippen MR) is 90.1 cm³/mol. The van der Waals surface area contributed by atoms with Crippen LogP contribution >= 0.6 is 0 Å². The van der Waals surface area contributed by atoms with Crippen LogP contribution in [0.3, 0.4) is 0 Å². The zero-order valence-corrected chi connectivity index (χ0v) is 14.1. The summed E-state index contributed by atoms with van der Waals surface area (Å²) in [5.74, 6) is -0.310. The highest BCUT2D eigenvalue weighted by Crippen LogP contribution is 2.19. The van der Waals surface area contributed by atoms with Gasteiger partial charge in [0.1, 0.15) is 12.6 Å². The van der Waals surface area contributed by atoms with Crippen molar-refractivity contribution in [2.45, 2.75) is 39.8 Å². The average molecular weight is 316 g/mol. The van der Waals surface area contributed by atoms with Crippen LogP contribution in [0.2, 0.25) is 0 Å². The zero-order valence-electron chi connectivity index (χ0n) is 14.1. The van der Waals surface area contributed by atoms with Crippen molar-refractivity contribution in [1.82, 2.24) is 9.88 Å². The number of rotatable bonds is 6. The molecule has 5 nitrogen and oxygen atoms in total. The van der Waals surface area contributed by atoms with Crippen molar-refractivity contribution in [3.05, 3.63) is 36.0 Å². The lowest BCUT2D eigenvalue weighted by Crippen LogP contribution is -2.43. The van der Waals surface area contributed by atoms with Crippen molar-refractivity contribution in [2.75, 3.05) is 7.11 Å². The van der Waals surface area contributed by atoms with E-state index in [0.29, 0.717) is 6.42 Å². The van der Waals surface area contributed by atoms with E-state index in [1.54, 1.807) is 0 Å². The van der Waals surface area contributed by atoms with Gasteiger partial charge in [0.25, 0.3) is 0 Å². The number of hydrogen-bond donors (Lipinski definition) is 1. The second kappa shape index (κ2) is 7.31. The summed E-state index contributed by atoms with van der Waals surface area (Å²) < 4.78 is 6.67. The van der Waals surface area contributed by atoms with Crippen LogP contribution in [0.1, 0.15) is 25.8 Å². The van der Waals surface area contributed by atoms with Gasteiger partial charge in [0.05, 0.1) is 7.11 Å². The Morgan fingerprint density at radius 3 is 2.65 bits per heavy atom. The Kier molecular flexibility index (Phi) is 5.42. The molecule has 0 bridgehead atoms. The molecule has 5 heteroatoms. The summed E-state index contributed by atoms with van der Waals surface area (Å²) in [6.07, 6.45) is 2.46. The molecule has 1 N–H and O–H groups in total. The van der Waals surface area contributed by atoms with Crippen LogP contribution in [-0.2, 0) is 20.9 Å².